The van der Waals surface area contributed by atoms with Crippen molar-refractivity contribution in [2.45, 2.75) is 12.5 Å². The Bertz CT molecular complexity index is 758. The summed E-state index contributed by atoms with van der Waals surface area (Å²) in [5, 5.41) is 11.4. The standard InChI is InChI=1S/C17H15FN2O2/c1-19-16(13-6-4-8-20(22)11-13)10-14(17(19)21)9-12-5-2-3-7-15(12)18/h2-9,11,16H,10H2,1H3/b14-9+/t16-/m0/s1. The number of pyridine rings is 1. The highest BCUT2D eigenvalue weighted by atomic mass is 19.1. The van der Waals surface area contributed by atoms with Crippen LogP contribution in [0.3, 0.4) is 0 Å². The minimum absolute atomic E-state index is 0.144. The van der Waals surface area contributed by atoms with E-state index < -0.39 is 0 Å². The number of carbonyl (C=O) groups excluding carboxylic acids is 1. The normalized spacial score (nSPS) is 19.9. The molecular formula is C17H15FN2O2. The first kappa shape index (κ1) is 14.3. The van der Waals surface area contributed by atoms with Crippen LogP contribution in [0.5, 0.6) is 0 Å². The zero-order chi connectivity index (χ0) is 15.7. The van der Waals surface area contributed by atoms with E-state index >= 15 is 0 Å². The molecular weight excluding hydrogens is 283 g/mol. The van der Waals surface area contributed by atoms with Crippen molar-refractivity contribution >= 4 is 12.0 Å². The number of rotatable bonds is 2. The van der Waals surface area contributed by atoms with Gasteiger partial charge >= 0.3 is 0 Å². The van der Waals surface area contributed by atoms with E-state index in [4.69, 9.17) is 0 Å². The molecule has 1 saturated heterocycles. The van der Waals surface area contributed by atoms with Gasteiger partial charge in [-0.05, 0) is 18.2 Å². The van der Waals surface area contributed by atoms with Gasteiger partial charge in [0, 0.05) is 36.2 Å². The lowest BCUT2D eigenvalue weighted by Gasteiger charge is -2.18. The minimum atomic E-state index is -0.356. The average Bonchev–Trinajstić information content (AvgIpc) is 2.78. The Hall–Kier alpha value is -2.69. The molecule has 1 aliphatic heterocycles. The highest BCUT2D eigenvalue weighted by molar-refractivity contribution is 6.00. The summed E-state index contributed by atoms with van der Waals surface area (Å²) >= 11 is 0. The maximum absolute atomic E-state index is 13.7. The first-order valence-electron chi connectivity index (χ1n) is 6.97. The maximum Gasteiger partial charge on any atom is 0.250 e. The molecule has 4 nitrogen and oxygen atoms in total. The van der Waals surface area contributed by atoms with Crippen molar-refractivity contribution in [2.24, 2.45) is 0 Å². The average molecular weight is 298 g/mol. The Morgan fingerprint density at radius 2 is 2.09 bits per heavy atom. The van der Waals surface area contributed by atoms with Crippen molar-refractivity contribution < 1.29 is 13.9 Å². The molecule has 22 heavy (non-hydrogen) atoms. The van der Waals surface area contributed by atoms with Crippen LogP contribution in [0, 0.1) is 11.0 Å². The highest BCUT2D eigenvalue weighted by Crippen LogP contribution is 2.35. The van der Waals surface area contributed by atoms with Gasteiger partial charge in [-0.2, -0.15) is 4.73 Å². The van der Waals surface area contributed by atoms with E-state index in [1.54, 1.807) is 42.3 Å². The summed E-state index contributed by atoms with van der Waals surface area (Å²) in [6, 6.07) is 9.61. The van der Waals surface area contributed by atoms with Crippen LogP contribution in [-0.4, -0.2) is 17.9 Å². The Morgan fingerprint density at radius 1 is 1.32 bits per heavy atom. The van der Waals surface area contributed by atoms with Gasteiger partial charge in [-0.3, -0.25) is 4.79 Å². The number of hydrogen-bond donors (Lipinski definition) is 0. The lowest BCUT2D eigenvalue weighted by atomic mass is 10.0. The van der Waals surface area contributed by atoms with Crippen LogP contribution >= 0.6 is 0 Å². The summed E-state index contributed by atoms with van der Waals surface area (Å²) in [5.74, 6) is -0.499. The van der Waals surface area contributed by atoms with Gasteiger partial charge in [0.1, 0.15) is 5.82 Å². The molecule has 3 rings (SSSR count). The van der Waals surface area contributed by atoms with E-state index in [2.05, 4.69) is 0 Å². The third-order valence-electron chi connectivity index (χ3n) is 3.89. The summed E-state index contributed by atoms with van der Waals surface area (Å²) in [7, 11) is 1.69. The first-order valence-corrected chi connectivity index (χ1v) is 6.97. The summed E-state index contributed by atoms with van der Waals surface area (Å²) in [6.07, 6.45) is 4.90. The third kappa shape index (κ3) is 2.57. The summed E-state index contributed by atoms with van der Waals surface area (Å²) in [6.45, 7) is 0. The van der Waals surface area contributed by atoms with Crippen molar-refractivity contribution in [3.63, 3.8) is 0 Å². The van der Waals surface area contributed by atoms with E-state index in [-0.39, 0.29) is 17.8 Å². The molecule has 0 aliphatic carbocycles. The third-order valence-corrected chi connectivity index (χ3v) is 3.89. The van der Waals surface area contributed by atoms with Crippen molar-refractivity contribution in [2.75, 3.05) is 7.05 Å². The van der Waals surface area contributed by atoms with Gasteiger partial charge in [-0.25, -0.2) is 4.39 Å². The topological polar surface area (TPSA) is 47.2 Å². The molecule has 1 amide bonds. The number of aromatic nitrogens is 1. The van der Waals surface area contributed by atoms with Crippen LogP contribution in [0.25, 0.3) is 6.08 Å². The van der Waals surface area contributed by atoms with Gasteiger partial charge in [0.15, 0.2) is 12.4 Å². The van der Waals surface area contributed by atoms with E-state index in [0.717, 1.165) is 5.56 Å². The Labute approximate surface area is 127 Å². The molecule has 1 atom stereocenters. The molecule has 0 spiro atoms. The van der Waals surface area contributed by atoms with E-state index in [1.807, 2.05) is 6.07 Å². The van der Waals surface area contributed by atoms with Gasteiger partial charge in [-0.1, -0.05) is 18.2 Å². The first-order chi connectivity index (χ1) is 10.6. The van der Waals surface area contributed by atoms with Crippen LogP contribution in [0.1, 0.15) is 23.6 Å². The molecule has 1 aromatic carbocycles. The molecule has 5 heteroatoms. The summed E-state index contributed by atoms with van der Waals surface area (Å²) < 4.78 is 14.4. The number of likely N-dealkylation sites (N-methyl/N-ethyl adjacent to an activating group) is 1. The number of likely N-dealkylation sites (tertiary alicyclic amines) is 1. The number of carbonyl (C=O) groups is 1. The fraction of sp³-hybridized carbons (Fsp3) is 0.176. The minimum Gasteiger partial charge on any atom is -0.619 e. The zero-order valence-corrected chi connectivity index (χ0v) is 12.1. The van der Waals surface area contributed by atoms with Gasteiger partial charge in [-0.15, -0.1) is 0 Å². The number of halogens is 1. The Morgan fingerprint density at radius 3 is 2.82 bits per heavy atom. The molecule has 0 saturated carbocycles. The smallest absolute Gasteiger partial charge is 0.250 e. The fourth-order valence-electron chi connectivity index (χ4n) is 2.71. The summed E-state index contributed by atoms with van der Waals surface area (Å²) in [5.41, 5.74) is 1.70. The fourth-order valence-corrected chi connectivity index (χ4v) is 2.71. The van der Waals surface area contributed by atoms with E-state index in [1.165, 1.54) is 18.5 Å². The molecule has 1 fully saturated rings. The monoisotopic (exact) mass is 298 g/mol. The molecule has 112 valence electrons. The predicted molar refractivity (Wildman–Crippen MR) is 79.9 cm³/mol. The van der Waals surface area contributed by atoms with Crippen molar-refractivity contribution in [1.29, 1.82) is 0 Å². The van der Waals surface area contributed by atoms with Crippen molar-refractivity contribution in [1.82, 2.24) is 4.90 Å². The maximum atomic E-state index is 13.7. The Kier molecular flexibility index (Phi) is 3.63. The number of nitrogens with zero attached hydrogens (tertiary/aromatic N) is 2. The molecule has 2 aromatic rings. The highest BCUT2D eigenvalue weighted by Gasteiger charge is 2.34. The predicted octanol–water partition coefficient (Wildman–Crippen LogP) is 2.45. The molecule has 0 bridgehead atoms. The molecule has 0 unspecified atom stereocenters. The Balaban J connectivity index is 1.93. The molecule has 1 aromatic heterocycles. The lowest BCUT2D eigenvalue weighted by molar-refractivity contribution is -0.606. The van der Waals surface area contributed by atoms with Gasteiger partial charge in [0.2, 0.25) is 5.91 Å². The molecule has 2 heterocycles. The number of amides is 1. The number of benzene rings is 1. The van der Waals surface area contributed by atoms with Gasteiger partial charge < -0.3 is 10.1 Å². The number of hydrogen-bond acceptors (Lipinski definition) is 2. The van der Waals surface area contributed by atoms with E-state index in [0.29, 0.717) is 22.3 Å². The van der Waals surface area contributed by atoms with Crippen LogP contribution in [0.15, 0.2) is 54.4 Å². The SMILES string of the molecule is CN1C(=O)/C(=C/c2ccccc2F)C[C@H]1c1ccc[n+]([O-])c1. The molecule has 0 radical (unpaired) electrons. The van der Waals surface area contributed by atoms with Crippen molar-refractivity contribution in [3.05, 3.63) is 76.5 Å². The molecule has 1 aliphatic rings. The van der Waals surface area contributed by atoms with E-state index in [9.17, 15) is 14.4 Å². The largest absolute Gasteiger partial charge is 0.619 e. The van der Waals surface area contributed by atoms with Gasteiger partial charge in [0.25, 0.3) is 0 Å². The lowest BCUT2D eigenvalue weighted by Crippen LogP contribution is -2.28. The van der Waals surface area contributed by atoms with Crippen LogP contribution in [0.4, 0.5) is 4.39 Å². The van der Waals surface area contributed by atoms with Crippen LogP contribution in [-0.2, 0) is 4.79 Å². The second kappa shape index (κ2) is 5.60. The second-order valence-electron chi connectivity index (χ2n) is 5.32. The summed E-state index contributed by atoms with van der Waals surface area (Å²) in [4.78, 5) is 13.9. The second-order valence-corrected chi connectivity index (χ2v) is 5.32. The van der Waals surface area contributed by atoms with Crippen LogP contribution < -0.4 is 4.73 Å². The van der Waals surface area contributed by atoms with Crippen molar-refractivity contribution in [3.8, 4) is 0 Å². The van der Waals surface area contributed by atoms with Crippen LogP contribution in [0.2, 0.25) is 0 Å². The van der Waals surface area contributed by atoms with Gasteiger partial charge in [0.05, 0.1) is 6.04 Å². The quantitative estimate of drug-likeness (QED) is 0.486. The zero-order valence-electron chi connectivity index (χ0n) is 12.1. The molecule has 0 N–H and O–H groups in total.